The van der Waals surface area contributed by atoms with Crippen LogP contribution in [0.5, 0.6) is 0 Å². The number of aromatic nitrogens is 3. The first-order valence-corrected chi connectivity index (χ1v) is 13.8. The molecule has 5 rings (SSSR count). The minimum Gasteiger partial charge on any atom is -0.444 e. The zero-order chi connectivity index (χ0) is 26.5. The molecule has 1 spiro atoms. The summed E-state index contributed by atoms with van der Waals surface area (Å²) in [7, 11) is 0. The third-order valence-corrected chi connectivity index (χ3v) is 8.24. The minimum atomic E-state index is -0.784. The van der Waals surface area contributed by atoms with Gasteiger partial charge in [0.15, 0.2) is 5.13 Å². The molecule has 2 atom stereocenters. The Hall–Kier alpha value is -3.09. The average molecular weight is 543 g/mol. The summed E-state index contributed by atoms with van der Waals surface area (Å²) in [5.74, 6) is 0.359. The molecule has 3 aromatic heterocycles. The highest BCUT2D eigenvalue weighted by Crippen LogP contribution is 2.45. The number of aryl methyl sites for hydroxylation is 2. The van der Waals surface area contributed by atoms with E-state index in [-0.39, 0.29) is 12.5 Å². The van der Waals surface area contributed by atoms with Gasteiger partial charge in [-0.05, 0) is 46.8 Å². The van der Waals surface area contributed by atoms with Crippen LogP contribution in [0.4, 0.5) is 15.7 Å². The first-order valence-electron chi connectivity index (χ1n) is 12.1. The lowest BCUT2D eigenvalue weighted by Gasteiger charge is -2.42. The monoisotopic (exact) mass is 542 g/mol. The van der Waals surface area contributed by atoms with Gasteiger partial charge in [-0.2, -0.15) is 0 Å². The Morgan fingerprint density at radius 3 is 2.57 bits per heavy atom. The van der Waals surface area contributed by atoms with Gasteiger partial charge in [-0.25, -0.2) is 19.7 Å². The van der Waals surface area contributed by atoms with Crippen molar-refractivity contribution in [2.24, 2.45) is 0 Å². The van der Waals surface area contributed by atoms with Crippen LogP contribution in [0.25, 0.3) is 10.6 Å². The maximum atomic E-state index is 13.4. The first kappa shape index (κ1) is 25.6. The fourth-order valence-corrected chi connectivity index (χ4v) is 6.19. The number of carbonyl (C=O) groups is 2. The molecule has 12 heteroatoms. The molecule has 37 heavy (non-hydrogen) atoms. The third kappa shape index (κ3) is 5.18. The molecular weight excluding hydrogens is 512 g/mol. The molecule has 196 valence electrons. The number of anilines is 2. The molecule has 0 aromatic carbocycles. The van der Waals surface area contributed by atoms with Crippen molar-refractivity contribution in [2.75, 3.05) is 25.0 Å². The second kappa shape index (κ2) is 9.34. The van der Waals surface area contributed by atoms with Gasteiger partial charge in [0.2, 0.25) is 0 Å². The number of thiazole rings is 2. The van der Waals surface area contributed by atoms with Crippen LogP contribution in [0.1, 0.15) is 48.3 Å². The fourth-order valence-electron chi connectivity index (χ4n) is 4.52. The number of hydrogen-bond acceptors (Lipinski definition) is 10. The second-order valence-electron chi connectivity index (χ2n) is 10.4. The van der Waals surface area contributed by atoms with Crippen LogP contribution in [0, 0.1) is 13.8 Å². The zero-order valence-electron chi connectivity index (χ0n) is 21.4. The number of ether oxygens (including phenoxy) is 1. The number of aliphatic hydroxyl groups is 1. The van der Waals surface area contributed by atoms with E-state index in [1.54, 1.807) is 33.3 Å². The maximum Gasteiger partial charge on any atom is 0.410 e. The van der Waals surface area contributed by atoms with Crippen molar-refractivity contribution in [2.45, 2.75) is 58.3 Å². The van der Waals surface area contributed by atoms with Crippen LogP contribution in [0.3, 0.4) is 0 Å². The Balaban J connectivity index is 1.25. The summed E-state index contributed by atoms with van der Waals surface area (Å²) in [6, 6.07) is 3.45. The molecule has 2 aliphatic rings. The number of carbonyl (C=O) groups excluding carboxylic acids is 2. The number of nitrogens with one attached hydrogen (secondary N) is 1. The molecule has 3 aromatic rings. The normalized spacial score (nSPS) is 21.3. The van der Waals surface area contributed by atoms with Crippen molar-refractivity contribution in [1.82, 2.24) is 24.8 Å². The van der Waals surface area contributed by atoms with Crippen LogP contribution >= 0.6 is 22.7 Å². The Labute approximate surface area is 223 Å². The van der Waals surface area contributed by atoms with Crippen molar-refractivity contribution in [3.8, 4) is 10.6 Å². The number of hydrogen-bond donors (Lipinski definition) is 2. The van der Waals surface area contributed by atoms with Gasteiger partial charge in [-0.1, -0.05) is 0 Å². The SMILES string of the molecule is Cc1nc(C)c(-c2csc(Nc3ccc(C(=O)N4CCN(C(=O)OC(C)(C)C)CC45CC5O)cn3)n2)s1. The Morgan fingerprint density at radius 2 is 1.97 bits per heavy atom. The van der Waals surface area contributed by atoms with E-state index in [4.69, 9.17) is 4.74 Å². The highest BCUT2D eigenvalue weighted by Gasteiger charge is 2.62. The smallest absolute Gasteiger partial charge is 0.410 e. The molecule has 1 saturated heterocycles. The summed E-state index contributed by atoms with van der Waals surface area (Å²) in [5.41, 5.74) is 0.866. The highest BCUT2D eigenvalue weighted by molar-refractivity contribution is 7.16. The minimum absolute atomic E-state index is 0.216. The Kier molecular flexibility index (Phi) is 6.45. The third-order valence-electron chi connectivity index (χ3n) is 6.39. The number of rotatable bonds is 4. The van der Waals surface area contributed by atoms with E-state index in [0.29, 0.717) is 36.0 Å². The van der Waals surface area contributed by atoms with E-state index in [0.717, 1.165) is 21.3 Å². The number of pyridine rings is 1. The average Bonchev–Trinajstić information content (AvgIpc) is 3.12. The number of amides is 2. The molecule has 0 bridgehead atoms. The number of nitrogens with zero attached hydrogens (tertiary/aromatic N) is 5. The van der Waals surface area contributed by atoms with Crippen LogP contribution in [0.2, 0.25) is 0 Å². The van der Waals surface area contributed by atoms with Crippen molar-refractivity contribution < 1.29 is 19.4 Å². The molecule has 2 N–H and O–H groups in total. The van der Waals surface area contributed by atoms with Crippen LogP contribution < -0.4 is 5.32 Å². The Bertz CT molecular complexity index is 1330. The quantitative estimate of drug-likeness (QED) is 0.503. The lowest BCUT2D eigenvalue weighted by atomic mass is 10.1. The van der Waals surface area contributed by atoms with Gasteiger partial charge in [0.1, 0.15) is 11.4 Å². The van der Waals surface area contributed by atoms with Crippen molar-refractivity contribution in [3.05, 3.63) is 40.0 Å². The predicted octanol–water partition coefficient (Wildman–Crippen LogP) is 4.22. The first-order chi connectivity index (χ1) is 17.4. The van der Waals surface area contributed by atoms with Crippen LogP contribution in [-0.4, -0.2) is 78.7 Å². The van der Waals surface area contributed by atoms with Crippen molar-refractivity contribution >= 4 is 45.6 Å². The van der Waals surface area contributed by atoms with Gasteiger partial charge >= 0.3 is 6.09 Å². The predicted molar refractivity (Wildman–Crippen MR) is 142 cm³/mol. The van der Waals surface area contributed by atoms with Gasteiger partial charge in [0, 0.05) is 31.1 Å². The molecule has 4 heterocycles. The molecule has 2 fully saturated rings. The van der Waals surface area contributed by atoms with Crippen molar-refractivity contribution in [1.29, 1.82) is 0 Å². The largest absolute Gasteiger partial charge is 0.444 e. The summed E-state index contributed by atoms with van der Waals surface area (Å²) < 4.78 is 5.49. The molecule has 1 aliphatic carbocycles. The Morgan fingerprint density at radius 1 is 1.22 bits per heavy atom. The highest BCUT2D eigenvalue weighted by atomic mass is 32.1. The van der Waals surface area contributed by atoms with Gasteiger partial charge in [-0.15, -0.1) is 22.7 Å². The van der Waals surface area contributed by atoms with Gasteiger partial charge in [0.25, 0.3) is 5.91 Å². The lowest BCUT2D eigenvalue weighted by Crippen LogP contribution is -2.60. The van der Waals surface area contributed by atoms with E-state index in [1.807, 2.05) is 40.0 Å². The van der Waals surface area contributed by atoms with E-state index in [1.165, 1.54) is 17.5 Å². The molecule has 2 amide bonds. The van der Waals surface area contributed by atoms with E-state index < -0.39 is 23.3 Å². The fraction of sp³-hybridized carbons (Fsp3) is 0.480. The van der Waals surface area contributed by atoms with E-state index >= 15 is 0 Å². The van der Waals surface area contributed by atoms with Gasteiger partial charge < -0.3 is 25.0 Å². The van der Waals surface area contributed by atoms with Gasteiger partial charge in [0.05, 0.1) is 45.0 Å². The molecule has 1 aliphatic heterocycles. The van der Waals surface area contributed by atoms with E-state index in [9.17, 15) is 14.7 Å². The molecule has 2 unspecified atom stereocenters. The van der Waals surface area contributed by atoms with Crippen LogP contribution in [-0.2, 0) is 4.74 Å². The number of aliphatic hydroxyl groups excluding tert-OH is 1. The zero-order valence-corrected chi connectivity index (χ0v) is 23.1. The summed E-state index contributed by atoms with van der Waals surface area (Å²) in [6.45, 7) is 10.3. The summed E-state index contributed by atoms with van der Waals surface area (Å²) in [4.78, 5) is 43.8. The standard InChI is InChI=1S/C25H30N6O4S2/c1-14-20(37-15(2)27-14)17-12-36-22(28-17)29-19-7-6-16(11-26-19)21(33)31-9-8-30(13-25(31)10-18(25)32)23(34)35-24(3,4)5/h6-7,11-12,18,32H,8-10,13H2,1-5H3,(H,26,28,29). The van der Waals surface area contributed by atoms with Crippen LogP contribution in [0.15, 0.2) is 23.7 Å². The molecular formula is C25H30N6O4S2. The lowest BCUT2D eigenvalue weighted by molar-refractivity contribution is -0.00603. The summed E-state index contributed by atoms with van der Waals surface area (Å²) in [5, 5.41) is 17.3. The summed E-state index contributed by atoms with van der Waals surface area (Å²) in [6.07, 6.45) is 0.844. The molecule has 1 saturated carbocycles. The maximum absolute atomic E-state index is 13.4. The molecule has 10 nitrogen and oxygen atoms in total. The molecule has 0 radical (unpaired) electrons. The summed E-state index contributed by atoms with van der Waals surface area (Å²) >= 11 is 3.09. The van der Waals surface area contributed by atoms with E-state index in [2.05, 4.69) is 20.3 Å². The van der Waals surface area contributed by atoms with Gasteiger partial charge in [-0.3, -0.25) is 4.79 Å². The second-order valence-corrected chi connectivity index (χ2v) is 12.5. The number of piperazine rings is 1. The van der Waals surface area contributed by atoms with Crippen molar-refractivity contribution in [3.63, 3.8) is 0 Å². The topological polar surface area (TPSA) is 121 Å².